The van der Waals surface area contributed by atoms with E-state index in [4.69, 9.17) is 4.98 Å². The summed E-state index contributed by atoms with van der Waals surface area (Å²) >= 11 is 5.18. The van der Waals surface area contributed by atoms with E-state index < -0.39 is 0 Å². The number of halogens is 1. The quantitative estimate of drug-likeness (QED) is 0.664. The Morgan fingerprint density at radius 3 is 2.74 bits per heavy atom. The molecule has 0 unspecified atom stereocenters. The molecule has 0 radical (unpaired) electrons. The van der Waals surface area contributed by atoms with Crippen molar-refractivity contribution in [2.75, 3.05) is 0 Å². The van der Waals surface area contributed by atoms with E-state index in [1.165, 1.54) is 4.88 Å². The van der Waals surface area contributed by atoms with Gasteiger partial charge in [0.15, 0.2) is 0 Å². The van der Waals surface area contributed by atoms with Gasteiger partial charge in [-0.2, -0.15) is 0 Å². The Hall–Kier alpha value is -1.52. The predicted molar refractivity (Wildman–Crippen MR) is 83.2 cm³/mol. The minimum atomic E-state index is 0.928. The summed E-state index contributed by atoms with van der Waals surface area (Å²) in [6, 6.07) is 14.1. The minimum absolute atomic E-state index is 0.928. The van der Waals surface area contributed by atoms with Crippen molar-refractivity contribution in [1.29, 1.82) is 0 Å². The topological polar surface area (TPSA) is 25.8 Å². The second kappa shape index (κ2) is 5.23. The van der Waals surface area contributed by atoms with Gasteiger partial charge in [-0.1, -0.05) is 34.1 Å². The van der Waals surface area contributed by atoms with Gasteiger partial charge in [-0.05, 0) is 31.2 Å². The second-order valence-corrected chi connectivity index (χ2v) is 6.27. The molecule has 0 saturated carbocycles. The van der Waals surface area contributed by atoms with Crippen molar-refractivity contribution in [3.63, 3.8) is 0 Å². The number of pyridine rings is 1. The number of hydrogen-bond donors (Lipinski definition) is 0. The van der Waals surface area contributed by atoms with Crippen LogP contribution in [0.25, 0.3) is 22.0 Å². The molecule has 0 aliphatic carbocycles. The Labute approximate surface area is 124 Å². The van der Waals surface area contributed by atoms with Gasteiger partial charge in [0.25, 0.3) is 0 Å². The van der Waals surface area contributed by atoms with Crippen LogP contribution in [0.3, 0.4) is 0 Å². The van der Waals surface area contributed by atoms with Gasteiger partial charge in [0.05, 0.1) is 11.4 Å². The fourth-order valence-corrected chi connectivity index (χ4v) is 3.21. The maximum Gasteiger partial charge on any atom is 0.142 e. The smallest absolute Gasteiger partial charge is 0.142 e. The molecule has 0 spiro atoms. The first-order valence-electron chi connectivity index (χ1n) is 5.89. The first-order chi connectivity index (χ1) is 9.24. The molecule has 94 valence electrons. The fourth-order valence-electron chi connectivity index (χ4n) is 1.90. The van der Waals surface area contributed by atoms with Crippen molar-refractivity contribution < 1.29 is 0 Å². The lowest BCUT2D eigenvalue weighted by molar-refractivity contribution is 1.29. The summed E-state index contributed by atoms with van der Waals surface area (Å²) in [5.74, 6) is 0. The van der Waals surface area contributed by atoms with Crippen LogP contribution >= 0.6 is 27.3 Å². The number of nitrogens with zero attached hydrogens (tertiary/aromatic N) is 2. The van der Waals surface area contributed by atoms with Gasteiger partial charge in [0, 0.05) is 21.1 Å². The standard InChI is InChI=1S/C15H11BrN2S/c1-10-14(11-5-4-6-12(16)9-11)18-15(19-10)13-7-2-3-8-17-13/h2-9H,1H3. The Bertz CT molecular complexity index is 707. The largest absolute Gasteiger partial charge is 0.254 e. The van der Waals surface area contributed by atoms with Crippen molar-refractivity contribution >= 4 is 27.3 Å². The molecular weight excluding hydrogens is 320 g/mol. The summed E-state index contributed by atoms with van der Waals surface area (Å²) in [4.78, 5) is 10.3. The van der Waals surface area contributed by atoms with Crippen LogP contribution in [0.15, 0.2) is 53.1 Å². The molecule has 1 aromatic carbocycles. The average molecular weight is 331 g/mol. The van der Waals surface area contributed by atoms with E-state index in [9.17, 15) is 0 Å². The van der Waals surface area contributed by atoms with Gasteiger partial charge < -0.3 is 0 Å². The molecule has 3 aromatic rings. The highest BCUT2D eigenvalue weighted by Crippen LogP contribution is 2.33. The van der Waals surface area contributed by atoms with Gasteiger partial charge in [-0.3, -0.25) is 4.98 Å². The van der Waals surface area contributed by atoms with Crippen LogP contribution in [0.1, 0.15) is 4.88 Å². The van der Waals surface area contributed by atoms with Gasteiger partial charge in [-0.15, -0.1) is 11.3 Å². The minimum Gasteiger partial charge on any atom is -0.254 e. The van der Waals surface area contributed by atoms with Crippen LogP contribution in [0.5, 0.6) is 0 Å². The summed E-state index contributed by atoms with van der Waals surface area (Å²) in [5.41, 5.74) is 3.09. The molecule has 0 aliphatic rings. The maximum atomic E-state index is 4.73. The molecule has 19 heavy (non-hydrogen) atoms. The third-order valence-corrected chi connectivity index (χ3v) is 4.27. The zero-order chi connectivity index (χ0) is 13.2. The predicted octanol–water partition coefficient (Wildman–Crippen LogP) is 4.94. The molecule has 0 atom stereocenters. The lowest BCUT2D eigenvalue weighted by Gasteiger charge is -1.99. The fraction of sp³-hybridized carbons (Fsp3) is 0.0667. The first kappa shape index (κ1) is 12.5. The summed E-state index contributed by atoms with van der Waals surface area (Å²) in [6.07, 6.45) is 1.80. The Morgan fingerprint density at radius 1 is 1.11 bits per heavy atom. The van der Waals surface area contributed by atoms with E-state index in [1.807, 2.05) is 30.3 Å². The molecule has 0 aliphatic heterocycles. The van der Waals surface area contributed by atoms with Crippen LogP contribution in [0, 0.1) is 6.92 Å². The molecule has 2 heterocycles. The van der Waals surface area contributed by atoms with E-state index in [0.29, 0.717) is 0 Å². The van der Waals surface area contributed by atoms with Crippen LogP contribution < -0.4 is 0 Å². The number of hydrogen-bond acceptors (Lipinski definition) is 3. The molecular formula is C15H11BrN2S. The van der Waals surface area contributed by atoms with Gasteiger partial charge in [0.2, 0.25) is 0 Å². The summed E-state index contributed by atoms with van der Waals surface area (Å²) < 4.78 is 1.07. The van der Waals surface area contributed by atoms with Crippen molar-refractivity contribution in [2.24, 2.45) is 0 Å². The van der Waals surface area contributed by atoms with Crippen LogP contribution in [-0.2, 0) is 0 Å². The highest BCUT2D eigenvalue weighted by Gasteiger charge is 2.11. The molecule has 2 nitrogen and oxygen atoms in total. The van der Waals surface area contributed by atoms with Crippen LogP contribution in [-0.4, -0.2) is 9.97 Å². The van der Waals surface area contributed by atoms with Gasteiger partial charge in [-0.25, -0.2) is 4.98 Å². The summed E-state index contributed by atoms with van der Waals surface area (Å²) in [5, 5.41) is 0.966. The number of thiazole rings is 1. The maximum absolute atomic E-state index is 4.73. The Morgan fingerprint density at radius 2 is 2.00 bits per heavy atom. The molecule has 0 saturated heterocycles. The number of aryl methyl sites for hydroxylation is 1. The highest BCUT2D eigenvalue weighted by molar-refractivity contribution is 9.10. The third kappa shape index (κ3) is 2.60. The van der Waals surface area contributed by atoms with Gasteiger partial charge >= 0.3 is 0 Å². The normalized spacial score (nSPS) is 10.6. The van der Waals surface area contributed by atoms with E-state index in [1.54, 1.807) is 17.5 Å². The van der Waals surface area contributed by atoms with Crippen molar-refractivity contribution in [3.8, 4) is 22.0 Å². The summed E-state index contributed by atoms with van der Waals surface area (Å²) in [6.45, 7) is 2.10. The number of aromatic nitrogens is 2. The lowest BCUT2D eigenvalue weighted by atomic mass is 10.1. The van der Waals surface area contributed by atoms with E-state index in [-0.39, 0.29) is 0 Å². The number of benzene rings is 1. The molecule has 0 amide bonds. The molecule has 0 bridgehead atoms. The summed E-state index contributed by atoms with van der Waals surface area (Å²) in [7, 11) is 0. The molecule has 0 N–H and O–H groups in total. The molecule has 2 aromatic heterocycles. The third-order valence-electron chi connectivity index (χ3n) is 2.78. The zero-order valence-electron chi connectivity index (χ0n) is 10.3. The molecule has 0 fully saturated rings. The van der Waals surface area contributed by atoms with E-state index in [2.05, 4.69) is 40.0 Å². The van der Waals surface area contributed by atoms with Crippen LogP contribution in [0.4, 0.5) is 0 Å². The van der Waals surface area contributed by atoms with E-state index in [0.717, 1.165) is 26.4 Å². The number of rotatable bonds is 2. The Kier molecular flexibility index (Phi) is 3.44. The van der Waals surface area contributed by atoms with E-state index >= 15 is 0 Å². The average Bonchev–Trinajstić information content (AvgIpc) is 2.82. The Balaban J connectivity index is 2.08. The van der Waals surface area contributed by atoms with Crippen molar-refractivity contribution in [3.05, 3.63) is 58.0 Å². The van der Waals surface area contributed by atoms with Crippen LogP contribution in [0.2, 0.25) is 0 Å². The lowest BCUT2D eigenvalue weighted by Crippen LogP contribution is -1.83. The SMILES string of the molecule is Cc1sc(-c2ccccn2)nc1-c1cccc(Br)c1. The highest BCUT2D eigenvalue weighted by atomic mass is 79.9. The second-order valence-electron chi connectivity index (χ2n) is 4.15. The van der Waals surface area contributed by atoms with Gasteiger partial charge in [0.1, 0.15) is 5.01 Å². The van der Waals surface area contributed by atoms with Crippen molar-refractivity contribution in [2.45, 2.75) is 6.92 Å². The zero-order valence-corrected chi connectivity index (χ0v) is 12.7. The monoisotopic (exact) mass is 330 g/mol. The molecule has 4 heteroatoms. The molecule has 3 rings (SSSR count). The first-order valence-corrected chi connectivity index (χ1v) is 7.50. The van der Waals surface area contributed by atoms with Crippen molar-refractivity contribution in [1.82, 2.24) is 9.97 Å².